The number of benzene rings is 1. The van der Waals surface area contributed by atoms with Crippen molar-refractivity contribution in [1.82, 2.24) is 24.4 Å². The van der Waals surface area contributed by atoms with Crippen LogP contribution in [0.1, 0.15) is 82.6 Å². The minimum absolute atomic E-state index is 0.160. The van der Waals surface area contributed by atoms with Crippen molar-refractivity contribution in [3.63, 3.8) is 0 Å². The molecule has 2 aliphatic carbocycles. The van der Waals surface area contributed by atoms with Gasteiger partial charge in [-0.1, -0.05) is 50.6 Å². The topological polar surface area (TPSA) is 128 Å². The zero-order chi connectivity index (χ0) is 27.8. The van der Waals surface area contributed by atoms with Crippen LogP contribution in [0.2, 0.25) is 0 Å². The minimum Gasteiger partial charge on any atom is -0.467 e. The number of nitrogens with one attached hydrogen (secondary N) is 2. The Morgan fingerprint density at radius 2 is 1.77 bits per heavy atom. The SMILES string of the molecule is CCCn1c(=O)c2[nH]c(C34CCCC(C(=O)NC(C(=O)OC)c5ccccc5)(CC3)C4)nc2n(CCC)c1=O. The summed E-state index contributed by atoms with van der Waals surface area (Å²) >= 11 is 0. The number of aryl methyl sites for hydroxylation is 1. The Balaban J connectivity index is 1.50. The van der Waals surface area contributed by atoms with Crippen molar-refractivity contribution < 1.29 is 14.3 Å². The number of methoxy groups -OCH3 is 1. The molecule has 10 heteroatoms. The molecule has 208 valence electrons. The van der Waals surface area contributed by atoms with E-state index in [1.54, 1.807) is 16.7 Å². The number of esters is 1. The molecular weight excluding hydrogens is 498 g/mol. The van der Waals surface area contributed by atoms with Crippen LogP contribution in [0.25, 0.3) is 11.2 Å². The van der Waals surface area contributed by atoms with Crippen molar-refractivity contribution in [2.45, 2.75) is 89.8 Å². The quantitative estimate of drug-likeness (QED) is 0.405. The number of ether oxygens (including phenoxy) is 1. The third-order valence-corrected chi connectivity index (χ3v) is 8.65. The highest BCUT2D eigenvalue weighted by Crippen LogP contribution is 2.59. The molecule has 2 bridgehead atoms. The predicted molar refractivity (Wildman–Crippen MR) is 146 cm³/mol. The number of aromatic amines is 1. The third-order valence-electron chi connectivity index (χ3n) is 8.65. The molecule has 2 fully saturated rings. The zero-order valence-corrected chi connectivity index (χ0v) is 22.9. The van der Waals surface area contributed by atoms with Crippen LogP contribution >= 0.6 is 0 Å². The van der Waals surface area contributed by atoms with Crippen molar-refractivity contribution in [2.75, 3.05) is 7.11 Å². The van der Waals surface area contributed by atoms with E-state index in [0.29, 0.717) is 61.3 Å². The van der Waals surface area contributed by atoms with Gasteiger partial charge in [-0.05, 0) is 50.5 Å². The molecule has 2 heterocycles. The molecule has 0 saturated heterocycles. The Kier molecular flexibility index (Phi) is 7.22. The molecule has 0 aliphatic heterocycles. The van der Waals surface area contributed by atoms with Crippen LogP contribution in [0, 0.1) is 5.41 Å². The van der Waals surface area contributed by atoms with E-state index in [9.17, 15) is 19.2 Å². The molecule has 0 radical (unpaired) electrons. The molecule has 3 atom stereocenters. The molecule has 2 saturated carbocycles. The van der Waals surface area contributed by atoms with Gasteiger partial charge >= 0.3 is 11.7 Å². The number of hydrogen-bond acceptors (Lipinski definition) is 6. The fourth-order valence-electron chi connectivity index (χ4n) is 6.71. The van der Waals surface area contributed by atoms with E-state index < -0.39 is 22.8 Å². The van der Waals surface area contributed by atoms with Crippen LogP contribution in [0.15, 0.2) is 39.9 Å². The summed E-state index contributed by atoms with van der Waals surface area (Å²) in [5.74, 6) is 0.00300. The summed E-state index contributed by atoms with van der Waals surface area (Å²) in [4.78, 5) is 61.1. The van der Waals surface area contributed by atoms with Gasteiger partial charge in [0.25, 0.3) is 5.56 Å². The summed E-state index contributed by atoms with van der Waals surface area (Å²) in [7, 11) is 1.32. The lowest BCUT2D eigenvalue weighted by Gasteiger charge is -2.38. The molecular formula is C29H37N5O5. The summed E-state index contributed by atoms with van der Waals surface area (Å²) in [5, 5.41) is 2.99. The maximum Gasteiger partial charge on any atom is 0.333 e. The number of amides is 1. The Morgan fingerprint density at radius 3 is 2.46 bits per heavy atom. The molecule has 2 N–H and O–H groups in total. The summed E-state index contributed by atoms with van der Waals surface area (Å²) in [6, 6.07) is 8.22. The van der Waals surface area contributed by atoms with Crippen LogP contribution in [0.5, 0.6) is 0 Å². The molecule has 39 heavy (non-hydrogen) atoms. The number of imidazole rings is 1. The largest absolute Gasteiger partial charge is 0.467 e. The maximum absolute atomic E-state index is 13.8. The van der Waals surface area contributed by atoms with E-state index in [-0.39, 0.29) is 17.2 Å². The number of hydrogen-bond donors (Lipinski definition) is 2. The highest BCUT2D eigenvalue weighted by molar-refractivity contribution is 5.89. The molecule has 2 aromatic heterocycles. The van der Waals surface area contributed by atoms with Gasteiger partial charge in [0.15, 0.2) is 11.7 Å². The van der Waals surface area contributed by atoms with Crippen LogP contribution in [0.4, 0.5) is 0 Å². The van der Waals surface area contributed by atoms with Crippen molar-refractivity contribution in [3.8, 4) is 0 Å². The summed E-state index contributed by atoms with van der Waals surface area (Å²) in [6.45, 7) is 4.74. The number of carbonyl (C=O) groups is 2. The average molecular weight is 536 g/mol. The van der Waals surface area contributed by atoms with E-state index in [4.69, 9.17) is 9.72 Å². The molecule has 1 amide bonds. The molecule has 2 aliphatic rings. The van der Waals surface area contributed by atoms with Crippen LogP contribution in [-0.2, 0) is 32.8 Å². The van der Waals surface area contributed by atoms with Gasteiger partial charge in [0.05, 0.1) is 12.5 Å². The number of carbonyl (C=O) groups excluding carboxylic acids is 2. The highest BCUT2D eigenvalue weighted by Gasteiger charge is 2.57. The van der Waals surface area contributed by atoms with Gasteiger partial charge in [0, 0.05) is 18.5 Å². The number of fused-ring (bicyclic) bond motifs is 3. The Labute approximate surface area is 226 Å². The fourth-order valence-corrected chi connectivity index (χ4v) is 6.71. The normalized spacial score (nSPS) is 23.1. The number of nitrogens with zero attached hydrogens (tertiary/aromatic N) is 3. The molecule has 1 aromatic carbocycles. The second kappa shape index (κ2) is 10.5. The summed E-state index contributed by atoms with van der Waals surface area (Å²) in [6.07, 6.45) is 5.73. The Hall–Kier alpha value is -3.69. The summed E-state index contributed by atoms with van der Waals surface area (Å²) < 4.78 is 7.90. The predicted octanol–water partition coefficient (Wildman–Crippen LogP) is 3.33. The average Bonchev–Trinajstić information content (AvgIpc) is 3.52. The standard InChI is InChI=1S/C29H37N5O5/c1-4-16-33-22-21(23(35)34(17-5-2)27(33)38)30-25(32-22)28-12-9-13-29(18-28,15-14-28)26(37)31-20(24(36)39-3)19-10-7-6-8-11-19/h6-8,10-11,20H,4-5,9,12-18H2,1-3H3,(H,30,32)(H,31,37). The first-order chi connectivity index (χ1) is 18.8. The number of H-pyrrole nitrogens is 1. The van der Waals surface area contributed by atoms with Gasteiger partial charge in [0.2, 0.25) is 5.91 Å². The zero-order valence-electron chi connectivity index (χ0n) is 22.9. The number of rotatable bonds is 9. The van der Waals surface area contributed by atoms with Crippen molar-refractivity contribution in [2.24, 2.45) is 5.41 Å². The first-order valence-electron chi connectivity index (χ1n) is 14.0. The van der Waals surface area contributed by atoms with Gasteiger partial charge in [-0.3, -0.25) is 18.7 Å². The molecule has 3 unspecified atom stereocenters. The fraction of sp³-hybridized carbons (Fsp3) is 0.552. The van der Waals surface area contributed by atoms with Crippen LogP contribution < -0.4 is 16.6 Å². The van der Waals surface area contributed by atoms with Crippen LogP contribution in [0.3, 0.4) is 0 Å². The Bertz CT molecular complexity index is 1510. The minimum atomic E-state index is -0.887. The van der Waals surface area contributed by atoms with E-state index in [1.165, 1.54) is 11.7 Å². The van der Waals surface area contributed by atoms with E-state index in [1.807, 2.05) is 32.0 Å². The lowest BCUT2D eigenvalue weighted by atomic mass is 9.68. The summed E-state index contributed by atoms with van der Waals surface area (Å²) in [5.41, 5.74) is -0.315. The second-order valence-electron chi connectivity index (χ2n) is 11.1. The highest BCUT2D eigenvalue weighted by atomic mass is 16.5. The van der Waals surface area contributed by atoms with Gasteiger partial charge < -0.3 is 15.0 Å². The number of aromatic nitrogens is 4. The first kappa shape index (κ1) is 26.9. The van der Waals surface area contributed by atoms with Crippen molar-refractivity contribution >= 4 is 23.0 Å². The maximum atomic E-state index is 13.8. The van der Waals surface area contributed by atoms with E-state index in [0.717, 1.165) is 25.7 Å². The van der Waals surface area contributed by atoms with Crippen molar-refractivity contribution in [1.29, 1.82) is 0 Å². The molecule has 0 spiro atoms. The second-order valence-corrected chi connectivity index (χ2v) is 11.1. The van der Waals surface area contributed by atoms with Gasteiger partial charge in [-0.2, -0.15) is 0 Å². The van der Waals surface area contributed by atoms with Gasteiger partial charge in [-0.25, -0.2) is 14.6 Å². The third kappa shape index (κ3) is 4.49. The lowest BCUT2D eigenvalue weighted by Crippen LogP contribution is -2.46. The van der Waals surface area contributed by atoms with E-state index in [2.05, 4.69) is 10.3 Å². The van der Waals surface area contributed by atoms with Gasteiger partial charge in [-0.15, -0.1) is 0 Å². The van der Waals surface area contributed by atoms with Gasteiger partial charge in [0.1, 0.15) is 11.3 Å². The molecule has 10 nitrogen and oxygen atoms in total. The lowest BCUT2D eigenvalue weighted by molar-refractivity contribution is -0.147. The Morgan fingerprint density at radius 1 is 1.05 bits per heavy atom. The van der Waals surface area contributed by atoms with Crippen LogP contribution in [-0.4, -0.2) is 38.1 Å². The molecule has 5 rings (SSSR count). The van der Waals surface area contributed by atoms with E-state index >= 15 is 0 Å². The smallest absolute Gasteiger partial charge is 0.333 e. The molecule has 3 aromatic rings. The monoisotopic (exact) mass is 535 g/mol. The first-order valence-corrected chi connectivity index (χ1v) is 14.0. The van der Waals surface area contributed by atoms with Crippen molar-refractivity contribution in [3.05, 3.63) is 62.6 Å².